The minimum Gasteiger partial charge on any atom is -0.508 e. The Morgan fingerprint density at radius 3 is 2.67 bits per heavy atom. The summed E-state index contributed by atoms with van der Waals surface area (Å²) in [5.41, 5.74) is 19.3. The summed E-state index contributed by atoms with van der Waals surface area (Å²) in [6.45, 7) is 1.75. The van der Waals surface area contributed by atoms with Crippen LogP contribution < -0.4 is 17.2 Å². The standard InChI is InChI=1S/C16H13N5O2S/c1-6-2-3-7(4-9(6)22)10-8(5-17)14(19)21-16-11(10)12(18)13(24-16)15(20)23/h2-4,22H,18H2,1H3,(H2,19,21)(H2,20,23). The molecule has 0 radical (unpaired) electrons. The molecule has 0 atom stereocenters. The third-order valence-corrected chi connectivity index (χ3v) is 4.85. The lowest BCUT2D eigenvalue weighted by molar-refractivity contribution is 0.100. The van der Waals surface area contributed by atoms with E-state index in [9.17, 15) is 15.2 Å². The number of carbonyl (C=O) groups excluding carboxylic acids is 1. The molecule has 24 heavy (non-hydrogen) atoms. The number of fused-ring (bicyclic) bond motifs is 1. The smallest absolute Gasteiger partial charge is 0.260 e. The SMILES string of the molecule is Cc1ccc(-c2c(C#N)c(N)nc3sc(C(N)=O)c(N)c23)cc1O. The molecule has 7 N–H and O–H groups in total. The lowest BCUT2D eigenvalue weighted by atomic mass is 9.96. The summed E-state index contributed by atoms with van der Waals surface area (Å²) < 4.78 is 0. The zero-order valence-corrected chi connectivity index (χ0v) is 13.4. The maximum atomic E-state index is 11.6. The maximum Gasteiger partial charge on any atom is 0.260 e. The van der Waals surface area contributed by atoms with Crippen molar-refractivity contribution in [3.63, 3.8) is 0 Å². The van der Waals surface area contributed by atoms with Gasteiger partial charge in [-0.3, -0.25) is 4.79 Å². The van der Waals surface area contributed by atoms with Crippen molar-refractivity contribution in [1.82, 2.24) is 4.98 Å². The Morgan fingerprint density at radius 1 is 1.38 bits per heavy atom. The van der Waals surface area contributed by atoms with Gasteiger partial charge in [-0.25, -0.2) is 4.98 Å². The number of primary amides is 1. The molecule has 1 aromatic carbocycles. The molecular formula is C16H13N5O2S. The van der Waals surface area contributed by atoms with E-state index in [1.807, 2.05) is 6.07 Å². The molecule has 120 valence electrons. The molecule has 1 amide bonds. The molecule has 0 aliphatic rings. The van der Waals surface area contributed by atoms with Gasteiger partial charge in [0, 0.05) is 10.9 Å². The first-order valence-electron chi connectivity index (χ1n) is 6.86. The highest BCUT2D eigenvalue weighted by Crippen LogP contribution is 2.43. The zero-order chi connectivity index (χ0) is 17.6. The van der Waals surface area contributed by atoms with E-state index in [0.29, 0.717) is 26.9 Å². The van der Waals surface area contributed by atoms with Gasteiger partial charge in [0.15, 0.2) is 0 Å². The Labute approximate surface area is 140 Å². The van der Waals surface area contributed by atoms with E-state index in [2.05, 4.69) is 4.98 Å². The van der Waals surface area contributed by atoms with E-state index in [0.717, 1.165) is 11.3 Å². The topological polar surface area (TPSA) is 152 Å². The number of phenols is 1. The molecule has 2 aromatic heterocycles. The molecule has 0 spiro atoms. The van der Waals surface area contributed by atoms with Crippen LogP contribution >= 0.6 is 11.3 Å². The number of anilines is 2. The third kappa shape index (κ3) is 2.19. The molecule has 0 fully saturated rings. The van der Waals surface area contributed by atoms with Crippen LogP contribution in [-0.4, -0.2) is 16.0 Å². The van der Waals surface area contributed by atoms with Crippen LogP contribution in [0.25, 0.3) is 21.3 Å². The van der Waals surface area contributed by atoms with Crippen molar-refractivity contribution in [3.8, 4) is 22.9 Å². The van der Waals surface area contributed by atoms with Crippen LogP contribution in [0.5, 0.6) is 5.75 Å². The number of nitrogens with zero attached hydrogens (tertiary/aromatic N) is 2. The molecule has 0 unspecified atom stereocenters. The zero-order valence-electron chi connectivity index (χ0n) is 12.6. The number of hydrogen-bond acceptors (Lipinski definition) is 7. The summed E-state index contributed by atoms with van der Waals surface area (Å²) in [4.78, 5) is 16.3. The van der Waals surface area contributed by atoms with Gasteiger partial charge in [0.2, 0.25) is 0 Å². The summed E-state index contributed by atoms with van der Waals surface area (Å²) >= 11 is 1.02. The predicted octanol–water partition coefficient (Wildman–Crippen LogP) is 2.11. The van der Waals surface area contributed by atoms with Crippen molar-refractivity contribution in [2.75, 3.05) is 11.5 Å². The molecule has 0 aliphatic carbocycles. The fraction of sp³-hybridized carbons (Fsp3) is 0.0625. The second kappa shape index (κ2) is 5.40. The number of phenolic OH excluding ortho intramolecular Hbond substituents is 1. The van der Waals surface area contributed by atoms with Crippen molar-refractivity contribution in [1.29, 1.82) is 5.26 Å². The molecule has 3 aromatic rings. The van der Waals surface area contributed by atoms with Crippen LogP contribution in [0.3, 0.4) is 0 Å². The summed E-state index contributed by atoms with van der Waals surface area (Å²) in [6.07, 6.45) is 0. The summed E-state index contributed by atoms with van der Waals surface area (Å²) in [5, 5.41) is 19.9. The molecule has 3 rings (SSSR count). The second-order valence-corrected chi connectivity index (χ2v) is 6.25. The quantitative estimate of drug-likeness (QED) is 0.561. The molecule has 2 heterocycles. The third-order valence-electron chi connectivity index (χ3n) is 3.74. The number of amides is 1. The molecular weight excluding hydrogens is 326 g/mol. The fourth-order valence-corrected chi connectivity index (χ4v) is 3.48. The number of pyridine rings is 1. The Balaban J connectivity index is 2.50. The molecule has 8 heteroatoms. The molecule has 0 saturated heterocycles. The van der Waals surface area contributed by atoms with Crippen molar-refractivity contribution >= 4 is 39.0 Å². The number of rotatable bonds is 2. The molecule has 7 nitrogen and oxygen atoms in total. The number of nitrogens with two attached hydrogens (primary N) is 3. The van der Waals surface area contributed by atoms with Gasteiger partial charge < -0.3 is 22.3 Å². The van der Waals surface area contributed by atoms with Crippen molar-refractivity contribution in [2.24, 2.45) is 5.73 Å². The minimum absolute atomic E-state index is 0.0253. The summed E-state index contributed by atoms with van der Waals surface area (Å²) in [5.74, 6) is -0.577. The van der Waals surface area contributed by atoms with Crippen LogP contribution in [0.1, 0.15) is 20.8 Å². The number of aryl methyl sites for hydroxylation is 1. The second-order valence-electron chi connectivity index (χ2n) is 5.25. The normalized spacial score (nSPS) is 10.7. The number of thiophene rings is 1. The highest BCUT2D eigenvalue weighted by molar-refractivity contribution is 7.21. The van der Waals surface area contributed by atoms with Crippen LogP contribution in [0, 0.1) is 18.3 Å². The van der Waals surface area contributed by atoms with Crippen molar-refractivity contribution in [2.45, 2.75) is 6.92 Å². The van der Waals surface area contributed by atoms with E-state index in [4.69, 9.17) is 17.2 Å². The van der Waals surface area contributed by atoms with E-state index in [1.165, 1.54) is 6.07 Å². The predicted molar refractivity (Wildman–Crippen MR) is 93.5 cm³/mol. The Kier molecular flexibility index (Phi) is 3.51. The van der Waals surface area contributed by atoms with Gasteiger partial charge in [0.1, 0.15) is 32.9 Å². The number of hydrogen-bond donors (Lipinski definition) is 4. The number of nitrogen functional groups attached to an aromatic ring is 2. The van der Waals surface area contributed by atoms with Gasteiger partial charge in [-0.2, -0.15) is 5.26 Å². The lowest BCUT2D eigenvalue weighted by Crippen LogP contribution is -2.10. The minimum atomic E-state index is -0.676. The summed E-state index contributed by atoms with van der Waals surface area (Å²) in [6, 6.07) is 6.99. The van der Waals surface area contributed by atoms with Crippen LogP contribution in [-0.2, 0) is 0 Å². The number of carbonyl (C=O) groups is 1. The van der Waals surface area contributed by atoms with Gasteiger partial charge in [-0.15, -0.1) is 11.3 Å². The van der Waals surface area contributed by atoms with E-state index in [-0.39, 0.29) is 27.7 Å². The van der Waals surface area contributed by atoms with Crippen LogP contribution in [0.2, 0.25) is 0 Å². The van der Waals surface area contributed by atoms with Crippen LogP contribution in [0.15, 0.2) is 18.2 Å². The number of nitriles is 1. The molecule has 0 bridgehead atoms. The van der Waals surface area contributed by atoms with Gasteiger partial charge in [0.25, 0.3) is 5.91 Å². The Morgan fingerprint density at radius 2 is 2.08 bits per heavy atom. The monoisotopic (exact) mass is 339 g/mol. The number of aromatic hydroxyl groups is 1. The van der Waals surface area contributed by atoms with Crippen molar-refractivity contribution < 1.29 is 9.90 Å². The first kappa shape index (κ1) is 15.6. The van der Waals surface area contributed by atoms with Gasteiger partial charge in [-0.1, -0.05) is 12.1 Å². The largest absolute Gasteiger partial charge is 0.508 e. The van der Waals surface area contributed by atoms with Crippen LogP contribution in [0.4, 0.5) is 11.5 Å². The van der Waals surface area contributed by atoms with E-state index >= 15 is 0 Å². The highest BCUT2D eigenvalue weighted by Gasteiger charge is 2.23. The number of benzene rings is 1. The van der Waals surface area contributed by atoms with E-state index in [1.54, 1.807) is 19.1 Å². The lowest BCUT2D eigenvalue weighted by Gasteiger charge is -2.10. The van der Waals surface area contributed by atoms with Crippen molar-refractivity contribution in [3.05, 3.63) is 34.2 Å². The Hall–Kier alpha value is -3.31. The first-order chi connectivity index (χ1) is 11.3. The first-order valence-corrected chi connectivity index (χ1v) is 7.68. The maximum absolute atomic E-state index is 11.6. The van der Waals surface area contributed by atoms with Gasteiger partial charge in [-0.05, 0) is 24.1 Å². The van der Waals surface area contributed by atoms with Gasteiger partial charge in [0.05, 0.1) is 5.69 Å². The summed E-state index contributed by atoms with van der Waals surface area (Å²) in [7, 11) is 0. The molecule has 0 saturated carbocycles. The van der Waals surface area contributed by atoms with Gasteiger partial charge >= 0.3 is 0 Å². The fourth-order valence-electron chi connectivity index (χ4n) is 2.52. The average molecular weight is 339 g/mol. The highest BCUT2D eigenvalue weighted by atomic mass is 32.1. The number of aromatic nitrogens is 1. The molecule has 0 aliphatic heterocycles. The van der Waals surface area contributed by atoms with E-state index < -0.39 is 5.91 Å². The average Bonchev–Trinajstić information content (AvgIpc) is 2.85. The Bertz CT molecular complexity index is 1050.